The molecule has 4 bridgehead atoms. The van der Waals surface area contributed by atoms with E-state index in [1.165, 1.54) is 51.4 Å². The number of carbonyl (C=O) groups excluding carboxylic acids is 2. The molecule has 4 aliphatic carbocycles. The standard InChI is InChI=1S/C24H39ClO4/c25-10-5-3-1-2-4-6-11-28-22(26)7-8-23(27)29-12-9-24-16-19-13-20(17-24)15-21(14-19)18-24/h19-21H,1-18H2. The van der Waals surface area contributed by atoms with Crippen molar-refractivity contribution in [3.05, 3.63) is 0 Å². The third-order valence-electron chi connectivity index (χ3n) is 7.38. The van der Waals surface area contributed by atoms with Crippen LogP contribution in [0.3, 0.4) is 0 Å². The molecule has 29 heavy (non-hydrogen) atoms. The van der Waals surface area contributed by atoms with E-state index in [1.807, 2.05) is 0 Å². The predicted molar refractivity (Wildman–Crippen MR) is 115 cm³/mol. The molecule has 4 rings (SSSR count). The molecular formula is C24H39ClO4. The van der Waals surface area contributed by atoms with E-state index in [9.17, 15) is 9.59 Å². The Balaban J connectivity index is 1.19. The first-order valence-corrected chi connectivity index (χ1v) is 12.5. The fourth-order valence-corrected chi connectivity index (χ4v) is 6.60. The van der Waals surface area contributed by atoms with Crippen LogP contribution in [0.4, 0.5) is 0 Å². The lowest BCUT2D eigenvalue weighted by molar-refractivity contribution is -0.151. The molecule has 0 radical (unpaired) electrons. The van der Waals surface area contributed by atoms with Gasteiger partial charge in [-0.1, -0.05) is 25.7 Å². The summed E-state index contributed by atoms with van der Waals surface area (Å²) in [5.74, 6) is 2.98. The summed E-state index contributed by atoms with van der Waals surface area (Å²) in [7, 11) is 0. The second-order valence-electron chi connectivity index (χ2n) is 9.92. The van der Waals surface area contributed by atoms with Crippen LogP contribution in [0, 0.1) is 23.2 Å². The minimum Gasteiger partial charge on any atom is -0.466 e. The van der Waals surface area contributed by atoms with Crippen LogP contribution in [0.1, 0.15) is 96.3 Å². The second-order valence-corrected chi connectivity index (χ2v) is 10.3. The summed E-state index contributed by atoms with van der Waals surface area (Å²) >= 11 is 5.65. The van der Waals surface area contributed by atoms with E-state index in [0.29, 0.717) is 18.6 Å². The fraction of sp³-hybridized carbons (Fsp3) is 0.917. The predicted octanol–water partition coefficient (Wildman–Crippen LogP) is 6.04. The molecule has 0 heterocycles. The number of hydrogen-bond donors (Lipinski definition) is 0. The Bertz CT molecular complexity index is 498. The first-order chi connectivity index (χ1) is 14.1. The van der Waals surface area contributed by atoms with E-state index < -0.39 is 0 Å². The van der Waals surface area contributed by atoms with Crippen molar-refractivity contribution in [3.8, 4) is 0 Å². The van der Waals surface area contributed by atoms with Gasteiger partial charge in [0.25, 0.3) is 0 Å². The zero-order valence-corrected chi connectivity index (χ0v) is 18.7. The van der Waals surface area contributed by atoms with Crippen LogP contribution < -0.4 is 0 Å². The smallest absolute Gasteiger partial charge is 0.306 e. The van der Waals surface area contributed by atoms with Crippen LogP contribution >= 0.6 is 11.6 Å². The van der Waals surface area contributed by atoms with Gasteiger partial charge in [-0.25, -0.2) is 0 Å². The monoisotopic (exact) mass is 426 g/mol. The molecule has 4 saturated carbocycles. The van der Waals surface area contributed by atoms with Crippen LogP contribution in [0.2, 0.25) is 0 Å². The lowest BCUT2D eigenvalue weighted by atomic mass is 9.49. The maximum Gasteiger partial charge on any atom is 0.306 e. The normalized spacial score (nSPS) is 29.8. The van der Waals surface area contributed by atoms with Gasteiger partial charge in [-0.05, 0) is 81.0 Å². The molecule has 0 amide bonds. The lowest BCUT2D eigenvalue weighted by Gasteiger charge is -2.57. The van der Waals surface area contributed by atoms with Crippen molar-refractivity contribution in [2.45, 2.75) is 96.3 Å². The Hall–Kier alpha value is -0.770. The number of carbonyl (C=O) groups is 2. The molecule has 0 atom stereocenters. The minimum absolute atomic E-state index is 0.131. The molecule has 0 aliphatic heterocycles. The molecule has 4 nitrogen and oxygen atoms in total. The Morgan fingerprint density at radius 3 is 1.76 bits per heavy atom. The molecule has 0 aromatic carbocycles. The maximum absolute atomic E-state index is 12.0. The second kappa shape index (κ2) is 11.6. The zero-order chi connectivity index (χ0) is 20.5. The first-order valence-electron chi connectivity index (χ1n) is 12.0. The van der Waals surface area contributed by atoms with Crippen molar-refractivity contribution in [2.24, 2.45) is 23.2 Å². The third kappa shape index (κ3) is 7.45. The van der Waals surface area contributed by atoms with E-state index in [1.54, 1.807) is 0 Å². The number of esters is 2. The molecule has 0 N–H and O–H groups in total. The molecule has 0 spiro atoms. The van der Waals surface area contributed by atoms with Gasteiger partial charge in [-0.3, -0.25) is 9.59 Å². The highest BCUT2D eigenvalue weighted by Gasteiger charge is 2.50. The average Bonchev–Trinajstić information content (AvgIpc) is 2.67. The van der Waals surface area contributed by atoms with Gasteiger partial charge in [-0.2, -0.15) is 0 Å². The third-order valence-corrected chi connectivity index (χ3v) is 7.65. The highest BCUT2D eigenvalue weighted by molar-refractivity contribution is 6.17. The summed E-state index contributed by atoms with van der Waals surface area (Å²) < 4.78 is 10.7. The fourth-order valence-electron chi connectivity index (χ4n) is 6.42. The molecule has 5 heteroatoms. The van der Waals surface area contributed by atoms with Crippen LogP contribution in [0.5, 0.6) is 0 Å². The summed E-state index contributed by atoms with van der Waals surface area (Å²) in [6.45, 7) is 0.971. The van der Waals surface area contributed by atoms with Crippen molar-refractivity contribution < 1.29 is 19.1 Å². The first kappa shape index (κ1) is 22.9. The van der Waals surface area contributed by atoms with Crippen LogP contribution in [0.25, 0.3) is 0 Å². The van der Waals surface area contributed by atoms with Gasteiger partial charge < -0.3 is 9.47 Å². The summed E-state index contributed by atoms with van der Waals surface area (Å²) in [4.78, 5) is 23.8. The van der Waals surface area contributed by atoms with Crippen LogP contribution in [0.15, 0.2) is 0 Å². The number of unbranched alkanes of at least 4 members (excludes halogenated alkanes) is 5. The van der Waals surface area contributed by atoms with Gasteiger partial charge in [0.2, 0.25) is 0 Å². The Morgan fingerprint density at radius 2 is 1.21 bits per heavy atom. The van der Waals surface area contributed by atoms with Gasteiger partial charge in [-0.15, -0.1) is 11.6 Å². The summed E-state index contributed by atoms with van der Waals surface area (Å²) in [5.41, 5.74) is 0.442. The number of ether oxygens (including phenoxy) is 2. The van der Waals surface area contributed by atoms with Gasteiger partial charge in [0.15, 0.2) is 0 Å². The van der Waals surface area contributed by atoms with E-state index in [0.717, 1.165) is 55.7 Å². The van der Waals surface area contributed by atoms with Crippen molar-refractivity contribution in [2.75, 3.05) is 19.1 Å². The van der Waals surface area contributed by atoms with Gasteiger partial charge in [0.05, 0.1) is 26.1 Å². The largest absolute Gasteiger partial charge is 0.466 e. The summed E-state index contributed by atoms with van der Waals surface area (Å²) in [5, 5.41) is 0. The molecule has 0 saturated heterocycles. The van der Waals surface area contributed by atoms with E-state index in [2.05, 4.69) is 0 Å². The van der Waals surface area contributed by atoms with Gasteiger partial charge in [0.1, 0.15) is 0 Å². The van der Waals surface area contributed by atoms with Crippen LogP contribution in [-0.4, -0.2) is 31.0 Å². The van der Waals surface area contributed by atoms with Crippen LogP contribution in [-0.2, 0) is 19.1 Å². The number of alkyl halides is 1. The SMILES string of the molecule is O=C(CCC(=O)OCCC12CC3CC(CC(C3)C1)C2)OCCCCCCCCCl. The highest BCUT2D eigenvalue weighted by Crippen LogP contribution is 2.61. The molecular weight excluding hydrogens is 388 g/mol. The lowest BCUT2D eigenvalue weighted by Crippen LogP contribution is -2.46. The number of hydrogen-bond acceptors (Lipinski definition) is 4. The highest BCUT2D eigenvalue weighted by atomic mass is 35.5. The maximum atomic E-state index is 12.0. The van der Waals surface area contributed by atoms with E-state index in [-0.39, 0.29) is 24.8 Å². The minimum atomic E-state index is -0.287. The van der Waals surface area contributed by atoms with Crippen molar-refractivity contribution in [1.29, 1.82) is 0 Å². The molecule has 4 aliphatic rings. The number of rotatable bonds is 14. The van der Waals surface area contributed by atoms with Gasteiger partial charge in [0, 0.05) is 5.88 Å². The quantitative estimate of drug-likeness (QED) is 0.193. The Labute approximate surface area is 181 Å². The summed E-state index contributed by atoms with van der Waals surface area (Å²) in [6, 6.07) is 0. The van der Waals surface area contributed by atoms with Crippen molar-refractivity contribution in [3.63, 3.8) is 0 Å². The number of halogens is 1. The Morgan fingerprint density at radius 1 is 0.724 bits per heavy atom. The molecule has 0 aromatic heterocycles. The van der Waals surface area contributed by atoms with Crippen molar-refractivity contribution >= 4 is 23.5 Å². The average molecular weight is 427 g/mol. The molecule has 0 aromatic rings. The zero-order valence-electron chi connectivity index (χ0n) is 18.0. The van der Waals surface area contributed by atoms with E-state index in [4.69, 9.17) is 21.1 Å². The topological polar surface area (TPSA) is 52.6 Å². The molecule has 4 fully saturated rings. The van der Waals surface area contributed by atoms with E-state index >= 15 is 0 Å². The molecule has 166 valence electrons. The van der Waals surface area contributed by atoms with Crippen molar-refractivity contribution in [1.82, 2.24) is 0 Å². The summed E-state index contributed by atoms with van der Waals surface area (Å²) in [6.07, 6.45) is 16.2. The van der Waals surface area contributed by atoms with Gasteiger partial charge >= 0.3 is 11.9 Å². The Kier molecular flexibility index (Phi) is 9.14. The molecule has 0 unspecified atom stereocenters.